The fraction of sp³-hybridized carbons (Fsp3) is 0.103. The van der Waals surface area contributed by atoms with E-state index in [1.165, 1.54) is 93.9 Å². The SMILES string of the molecule is CC1(C)c2ccccc2-c2cc(N(c3cccc(-c4cc(-n5c6ccccc6c6ccccc65)cc5ccccc45)c3)c3cccc4c3-c3ccccc3C4(C)C)ccc21. The van der Waals surface area contributed by atoms with Crippen LogP contribution in [0.2, 0.25) is 0 Å². The van der Waals surface area contributed by atoms with Crippen molar-refractivity contribution in [2.75, 3.05) is 4.90 Å². The average molecular weight is 769 g/mol. The van der Waals surface area contributed by atoms with Crippen LogP contribution < -0.4 is 4.90 Å². The molecular formula is C58H44N2. The van der Waals surface area contributed by atoms with Gasteiger partial charge in [0.05, 0.1) is 16.7 Å². The van der Waals surface area contributed by atoms with Crippen molar-refractivity contribution >= 4 is 49.6 Å². The van der Waals surface area contributed by atoms with Gasteiger partial charge in [-0.2, -0.15) is 0 Å². The Balaban J connectivity index is 1.10. The second kappa shape index (κ2) is 12.7. The lowest BCUT2D eigenvalue weighted by Crippen LogP contribution is -2.16. The molecule has 9 aromatic carbocycles. The molecule has 0 fully saturated rings. The molecule has 0 aliphatic heterocycles. The molecule has 2 aliphatic carbocycles. The highest BCUT2D eigenvalue weighted by Gasteiger charge is 2.39. The first kappa shape index (κ1) is 34.8. The highest BCUT2D eigenvalue weighted by atomic mass is 15.1. The summed E-state index contributed by atoms with van der Waals surface area (Å²) in [5.74, 6) is 0. The average Bonchev–Trinajstić information content (AvgIpc) is 3.83. The van der Waals surface area contributed by atoms with Crippen LogP contribution in [0.5, 0.6) is 0 Å². The van der Waals surface area contributed by atoms with E-state index < -0.39 is 0 Å². The molecule has 0 unspecified atom stereocenters. The molecule has 2 nitrogen and oxygen atoms in total. The highest BCUT2D eigenvalue weighted by Crippen LogP contribution is 2.56. The van der Waals surface area contributed by atoms with E-state index in [1.807, 2.05) is 0 Å². The molecule has 0 saturated carbocycles. The van der Waals surface area contributed by atoms with Crippen molar-refractivity contribution < 1.29 is 0 Å². The maximum atomic E-state index is 2.52. The maximum absolute atomic E-state index is 2.52. The van der Waals surface area contributed by atoms with Crippen molar-refractivity contribution in [1.29, 1.82) is 0 Å². The molecule has 2 aliphatic rings. The predicted octanol–water partition coefficient (Wildman–Crippen LogP) is 15.7. The Bertz CT molecular complexity index is 3340. The lowest BCUT2D eigenvalue weighted by molar-refractivity contribution is 0.660. The quantitative estimate of drug-likeness (QED) is 0.169. The van der Waals surface area contributed by atoms with Crippen LogP contribution in [0.15, 0.2) is 194 Å². The number of para-hydroxylation sites is 2. The third kappa shape index (κ3) is 4.88. The molecule has 0 atom stereocenters. The van der Waals surface area contributed by atoms with E-state index in [1.54, 1.807) is 0 Å². The normalized spacial score (nSPS) is 14.3. The summed E-state index contributed by atoms with van der Waals surface area (Å²) in [5, 5.41) is 4.98. The summed E-state index contributed by atoms with van der Waals surface area (Å²) in [6.45, 7) is 9.46. The second-order valence-electron chi connectivity index (χ2n) is 17.7. The molecular weight excluding hydrogens is 725 g/mol. The van der Waals surface area contributed by atoms with Crippen LogP contribution in [0.3, 0.4) is 0 Å². The third-order valence-electron chi connectivity index (χ3n) is 13.8. The molecule has 0 N–H and O–H groups in total. The molecule has 0 bridgehead atoms. The summed E-state index contributed by atoms with van der Waals surface area (Å²) < 4.78 is 2.44. The Morgan fingerprint density at radius 2 is 0.950 bits per heavy atom. The second-order valence-corrected chi connectivity index (χ2v) is 17.7. The van der Waals surface area contributed by atoms with Crippen LogP contribution in [0, 0.1) is 0 Å². The largest absolute Gasteiger partial charge is 0.310 e. The number of hydrogen-bond donors (Lipinski definition) is 0. The molecule has 12 rings (SSSR count). The monoisotopic (exact) mass is 768 g/mol. The highest BCUT2D eigenvalue weighted by molar-refractivity contribution is 6.10. The Kier molecular flexibility index (Phi) is 7.36. The maximum Gasteiger partial charge on any atom is 0.0543 e. The van der Waals surface area contributed by atoms with E-state index in [0.29, 0.717) is 0 Å². The summed E-state index contributed by atoms with van der Waals surface area (Å²) in [6.07, 6.45) is 0. The molecule has 0 spiro atoms. The van der Waals surface area contributed by atoms with E-state index in [-0.39, 0.29) is 10.8 Å². The molecule has 2 heteroatoms. The Labute approximate surface area is 351 Å². The van der Waals surface area contributed by atoms with Crippen LogP contribution in [-0.4, -0.2) is 4.57 Å². The van der Waals surface area contributed by atoms with Gasteiger partial charge in [0.25, 0.3) is 0 Å². The van der Waals surface area contributed by atoms with Crippen molar-refractivity contribution in [2.24, 2.45) is 0 Å². The topological polar surface area (TPSA) is 8.17 Å². The Morgan fingerprint density at radius 3 is 1.72 bits per heavy atom. The first-order valence-electron chi connectivity index (χ1n) is 21.2. The Morgan fingerprint density at radius 1 is 0.383 bits per heavy atom. The molecule has 60 heavy (non-hydrogen) atoms. The van der Waals surface area contributed by atoms with Gasteiger partial charge in [-0.25, -0.2) is 0 Å². The number of fused-ring (bicyclic) bond motifs is 10. The van der Waals surface area contributed by atoms with E-state index >= 15 is 0 Å². The van der Waals surface area contributed by atoms with Gasteiger partial charge in [-0.15, -0.1) is 0 Å². The van der Waals surface area contributed by atoms with E-state index in [4.69, 9.17) is 0 Å². The minimum atomic E-state index is -0.123. The van der Waals surface area contributed by atoms with Gasteiger partial charge < -0.3 is 9.47 Å². The molecule has 1 heterocycles. The van der Waals surface area contributed by atoms with Crippen LogP contribution >= 0.6 is 0 Å². The number of rotatable bonds is 5. The number of anilines is 3. The standard InChI is InChI=1S/C58H44N2/c1-57(2)49-25-11-7-21-43(49)48-35-40(31-32-51(48)57)59(55-30-16-27-52-56(55)46-24-8-12-26-50(46)58(52,3)4)39-19-15-18-38(33-39)47-36-41(34-37-17-5-6-20-42(37)47)60-53-28-13-9-22-44(53)45-23-10-14-29-54(45)60/h5-36H,1-4H3. The summed E-state index contributed by atoms with van der Waals surface area (Å²) >= 11 is 0. The number of benzene rings is 9. The van der Waals surface area contributed by atoms with Gasteiger partial charge in [0.15, 0.2) is 0 Å². The number of nitrogens with zero attached hydrogens (tertiary/aromatic N) is 2. The van der Waals surface area contributed by atoms with Gasteiger partial charge in [-0.05, 0) is 115 Å². The minimum Gasteiger partial charge on any atom is -0.310 e. The lowest BCUT2D eigenvalue weighted by atomic mass is 9.82. The summed E-state index contributed by atoms with van der Waals surface area (Å²) in [7, 11) is 0. The van der Waals surface area contributed by atoms with Crippen molar-refractivity contribution in [3.8, 4) is 39.1 Å². The van der Waals surface area contributed by atoms with Gasteiger partial charge in [-0.1, -0.05) is 167 Å². The minimum absolute atomic E-state index is 0.0748. The summed E-state index contributed by atoms with van der Waals surface area (Å²) in [4.78, 5) is 2.52. The van der Waals surface area contributed by atoms with E-state index in [2.05, 4.69) is 231 Å². The van der Waals surface area contributed by atoms with Crippen molar-refractivity contribution in [2.45, 2.75) is 38.5 Å². The molecule has 1 aromatic heterocycles. The molecule has 0 saturated heterocycles. The fourth-order valence-corrected chi connectivity index (χ4v) is 10.9. The summed E-state index contributed by atoms with van der Waals surface area (Å²) in [6, 6.07) is 72.4. The predicted molar refractivity (Wildman–Crippen MR) is 254 cm³/mol. The van der Waals surface area contributed by atoms with Crippen LogP contribution in [-0.2, 0) is 10.8 Å². The zero-order chi connectivity index (χ0) is 40.3. The number of hydrogen-bond acceptors (Lipinski definition) is 1. The van der Waals surface area contributed by atoms with Gasteiger partial charge in [-0.3, -0.25) is 0 Å². The zero-order valence-corrected chi connectivity index (χ0v) is 34.4. The van der Waals surface area contributed by atoms with Crippen molar-refractivity contribution in [3.05, 3.63) is 216 Å². The van der Waals surface area contributed by atoms with Gasteiger partial charge in [0.1, 0.15) is 0 Å². The molecule has 10 aromatic rings. The third-order valence-corrected chi connectivity index (χ3v) is 13.8. The first-order chi connectivity index (χ1) is 29.3. The zero-order valence-electron chi connectivity index (χ0n) is 34.4. The smallest absolute Gasteiger partial charge is 0.0543 e. The van der Waals surface area contributed by atoms with Crippen molar-refractivity contribution in [3.63, 3.8) is 0 Å². The molecule has 0 amide bonds. The molecule has 0 radical (unpaired) electrons. The summed E-state index contributed by atoms with van der Waals surface area (Å²) in [5.41, 5.74) is 20.0. The van der Waals surface area contributed by atoms with Crippen molar-refractivity contribution in [1.82, 2.24) is 4.57 Å². The van der Waals surface area contributed by atoms with Crippen LogP contribution in [0.25, 0.3) is 71.6 Å². The lowest BCUT2D eigenvalue weighted by Gasteiger charge is -2.30. The van der Waals surface area contributed by atoms with E-state index in [0.717, 1.165) is 17.1 Å². The first-order valence-corrected chi connectivity index (χ1v) is 21.2. The van der Waals surface area contributed by atoms with Gasteiger partial charge >= 0.3 is 0 Å². The van der Waals surface area contributed by atoms with Gasteiger partial charge in [0, 0.05) is 44.2 Å². The van der Waals surface area contributed by atoms with Crippen LogP contribution in [0.4, 0.5) is 17.1 Å². The van der Waals surface area contributed by atoms with Crippen LogP contribution in [0.1, 0.15) is 49.9 Å². The number of aromatic nitrogens is 1. The Hall–Kier alpha value is -7.16. The molecule has 286 valence electrons. The van der Waals surface area contributed by atoms with E-state index in [9.17, 15) is 0 Å². The fourth-order valence-electron chi connectivity index (χ4n) is 10.9. The van der Waals surface area contributed by atoms with Gasteiger partial charge in [0.2, 0.25) is 0 Å².